The van der Waals surface area contributed by atoms with E-state index < -0.39 is 45.1 Å². The Labute approximate surface area is 192 Å². The molecule has 8 nitrogen and oxygen atoms in total. The number of sulfonamides is 1. The zero-order valence-electron chi connectivity index (χ0n) is 17.2. The summed E-state index contributed by atoms with van der Waals surface area (Å²) in [6, 6.07) is 8.59. The molecule has 3 rings (SSSR count). The Kier molecular flexibility index (Phi) is 6.73. The molecule has 1 aliphatic heterocycles. The largest absolute Gasteiger partial charge is 0.417 e. The lowest BCUT2D eigenvalue weighted by Crippen LogP contribution is -2.38. The molecule has 13 heteroatoms. The molecule has 0 bridgehead atoms. The van der Waals surface area contributed by atoms with Crippen LogP contribution in [0.3, 0.4) is 0 Å². The number of anilines is 1. The molecule has 2 N–H and O–H groups in total. The Balaban J connectivity index is 1.70. The highest BCUT2D eigenvalue weighted by Crippen LogP contribution is 2.36. The molecule has 2 aromatic carbocycles. The van der Waals surface area contributed by atoms with E-state index in [4.69, 9.17) is 16.4 Å². The molecule has 0 saturated heterocycles. The van der Waals surface area contributed by atoms with Crippen molar-refractivity contribution in [3.63, 3.8) is 0 Å². The topological polar surface area (TPSA) is 105 Å². The standard InChI is InChI=1S/C20H17ClF3N3O5S/c1-11(18-19(29)13-5-3-4-6-16(13)33(30,31)27(18)2)26-32-10-17(28)25-12-7-8-15(21)14(9-12)20(22,23)24/h3-9,26H,10H2,1-2H3,(H,25,28). The summed E-state index contributed by atoms with van der Waals surface area (Å²) in [7, 11) is -2.77. The number of fused-ring (bicyclic) bond motifs is 1. The monoisotopic (exact) mass is 503 g/mol. The number of ketones is 1. The number of hydrogen-bond donors (Lipinski definition) is 2. The number of benzene rings is 2. The van der Waals surface area contributed by atoms with E-state index in [0.29, 0.717) is 6.07 Å². The third-order valence-corrected chi connectivity index (χ3v) is 6.78. The fourth-order valence-corrected chi connectivity index (χ4v) is 4.77. The average Bonchev–Trinajstić information content (AvgIpc) is 2.73. The lowest BCUT2D eigenvalue weighted by molar-refractivity contribution is -0.137. The van der Waals surface area contributed by atoms with Gasteiger partial charge in [-0.1, -0.05) is 23.7 Å². The van der Waals surface area contributed by atoms with Crippen molar-refractivity contribution in [2.45, 2.75) is 18.0 Å². The molecule has 0 fully saturated rings. The van der Waals surface area contributed by atoms with E-state index in [1.165, 1.54) is 44.3 Å². The summed E-state index contributed by atoms with van der Waals surface area (Å²) in [6.07, 6.45) is -4.70. The Bertz CT molecular complexity index is 1260. The molecule has 2 aromatic rings. The molecule has 0 aliphatic carbocycles. The highest BCUT2D eigenvalue weighted by molar-refractivity contribution is 7.89. The van der Waals surface area contributed by atoms with Crippen LogP contribution in [0.25, 0.3) is 0 Å². The molecule has 0 aromatic heterocycles. The van der Waals surface area contributed by atoms with Gasteiger partial charge in [-0.3, -0.25) is 24.2 Å². The minimum Gasteiger partial charge on any atom is -0.324 e. The van der Waals surface area contributed by atoms with Crippen molar-refractivity contribution >= 4 is 39.0 Å². The Morgan fingerprint density at radius 3 is 2.52 bits per heavy atom. The summed E-state index contributed by atoms with van der Waals surface area (Å²) in [5, 5.41) is 1.71. The third-order valence-electron chi connectivity index (χ3n) is 4.64. The number of likely N-dealkylation sites (N-methyl/N-ethyl adjacent to an activating group) is 1. The van der Waals surface area contributed by atoms with Crippen molar-refractivity contribution in [3.8, 4) is 0 Å². The number of alkyl halides is 3. The number of rotatable bonds is 5. The molecule has 0 unspecified atom stereocenters. The van der Waals surface area contributed by atoms with Crippen LogP contribution in [-0.2, 0) is 25.8 Å². The van der Waals surface area contributed by atoms with Crippen LogP contribution in [0.4, 0.5) is 18.9 Å². The zero-order chi connectivity index (χ0) is 24.6. The summed E-state index contributed by atoms with van der Waals surface area (Å²) in [5.41, 5.74) is 0.872. The van der Waals surface area contributed by atoms with Gasteiger partial charge >= 0.3 is 6.18 Å². The molecule has 0 spiro atoms. The van der Waals surface area contributed by atoms with E-state index in [2.05, 4.69) is 10.8 Å². The van der Waals surface area contributed by atoms with E-state index in [-0.39, 0.29) is 27.5 Å². The van der Waals surface area contributed by atoms with Crippen LogP contribution in [0.5, 0.6) is 0 Å². The van der Waals surface area contributed by atoms with E-state index >= 15 is 0 Å². The summed E-state index contributed by atoms with van der Waals surface area (Å²) in [6.45, 7) is 0.718. The summed E-state index contributed by atoms with van der Waals surface area (Å²) in [4.78, 5) is 29.7. The van der Waals surface area contributed by atoms with Crippen LogP contribution < -0.4 is 10.8 Å². The van der Waals surface area contributed by atoms with Crippen molar-refractivity contribution in [2.24, 2.45) is 0 Å². The smallest absolute Gasteiger partial charge is 0.324 e. The molecule has 1 heterocycles. The van der Waals surface area contributed by atoms with Gasteiger partial charge in [-0.25, -0.2) is 8.42 Å². The quantitative estimate of drug-likeness (QED) is 0.477. The Morgan fingerprint density at radius 1 is 1.18 bits per heavy atom. The first-order valence-corrected chi connectivity index (χ1v) is 11.0. The number of hydroxylamine groups is 1. The molecule has 0 radical (unpaired) electrons. The van der Waals surface area contributed by atoms with Gasteiger partial charge in [0.25, 0.3) is 15.9 Å². The molecular weight excluding hydrogens is 487 g/mol. The van der Waals surface area contributed by atoms with Crippen LogP contribution in [0.2, 0.25) is 5.02 Å². The molecule has 1 aliphatic rings. The second-order valence-electron chi connectivity index (χ2n) is 6.90. The average molecular weight is 504 g/mol. The SMILES string of the molecule is CC(NOCC(=O)Nc1ccc(Cl)c(C(F)(F)F)c1)=C1C(=O)c2ccccc2S(=O)(=O)N1C. The van der Waals surface area contributed by atoms with E-state index in [1.807, 2.05) is 0 Å². The molecular formula is C20H17ClF3N3O5S. The minimum atomic E-state index is -4.70. The van der Waals surface area contributed by atoms with Gasteiger partial charge in [-0.2, -0.15) is 13.2 Å². The van der Waals surface area contributed by atoms with Gasteiger partial charge in [0.1, 0.15) is 5.70 Å². The molecule has 0 atom stereocenters. The van der Waals surface area contributed by atoms with Crippen LogP contribution in [-0.4, -0.2) is 38.1 Å². The number of Topliss-reactive ketones (excluding diaryl/α,β-unsaturated/α-hetero) is 1. The number of halogens is 4. The number of nitrogens with zero attached hydrogens (tertiary/aromatic N) is 1. The van der Waals surface area contributed by atoms with Gasteiger partial charge < -0.3 is 5.32 Å². The highest BCUT2D eigenvalue weighted by atomic mass is 35.5. The number of amides is 1. The fraction of sp³-hybridized carbons (Fsp3) is 0.200. The van der Waals surface area contributed by atoms with Gasteiger partial charge in [-0.05, 0) is 37.3 Å². The van der Waals surface area contributed by atoms with E-state index in [1.54, 1.807) is 0 Å². The summed E-state index contributed by atoms with van der Waals surface area (Å²) >= 11 is 5.54. The molecule has 0 saturated carbocycles. The van der Waals surface area contributed by atoms with Crippen molar-refractivity contribution in [3.05, 3.63) is 70.0 Å². The van der Waals surface area contributed by atoms with Gasteiger partial charge in [0, 0.05) is 18.3 Å². The van der Waals surface area contributed by atoms with Crippen molar-refractivity contribution in [1.82, 2.24) is 9.79 Å². The maximum absolute atomic E-state index is 12.9. The van der Waals surface area contributed by atoms with Crippen molar-refractivity contribution in [1.29, 1.82) is 0 Å². The van der Waals surface area contributed by atoms with E-state index in [0.717, 1.165) is 10.4 Å². The highest BCUT2D eigenvalue weighted by Gasteiger charge is 2.38. The lowest BCUT2D eigenvalue weighted by Gasteiger charge is -2.29. The Hall–Kier alpha value is -3.09. The lowest BCUT2D eigenvalue weighted by atomic mass is 10.1. The number of hydrogen-bond acceptors (Lipinski definition) is 6. The first-order chi connectivity index (χ1) is 15.3. The first-order valence-electron chi connectivity index (χ1n) is 9.22. The van der Waals surface area contributed by atoms with Gasteiger partial charge in [0.2, 0.25) is 5.78 Å². The van der Waals surface area contributed by atoms with Crippen molar-refractivity contribution < 1.29 is 36.0 Å². The second-order valence-corrected chi connectivity index (χ2v) is 9.25. The van der Waals surface area contributed by atoms with Crippen LogP contribution in [0, 0.1) is 0 Å². The Morgan fingerprint density at radius 2 is 1.85 bits per heavy atom. The van der Waals surface area contributed by atoms with E-state index in [9.17, 15) is 31.2 Å². The summed E-state index contributed by atoms with van der Waals surface area (Å²) in [5.74, 6) is -1.38. The zero-order valence-corrected chi connectivity index (χ0v) is 18.7. The normalized spacial score (nSPS) is 16.8. The predicted molar refractivity (Wildman–Crippen MR) is 113 cm³/mol. The number of nitrogens with one attached hydrogen (secondary N) is 2. The second kappa shape index (κ2) is 9.04. The van der Waals surface area contributed by atoms with Crippen molar-refractivity contribution in [2.75, 3.05) is 19.0 Å². The minimum absolute atomic E-state index is 0.00676. The number of carbonyl (C=O) groups excluding carboxylic acids is 2. The first kappa shape index (κ1) is 24.6. The van der Waals surface area contributed by atoms with Crippen LogP contribution >= 0.6 is 11.6 Å². The van der Waals surface area contributed by atoms with Gasteiger partial charge in [-0.15, -0.1) is 0 Å². The van der Waals surface area contributed by atoms with Gasteiger partial charge in [0.15, 0.2) is 6.61 Å². The maximum Gasteiger partial charge on any atom is 0.417 e. The van der Waals surface area contributed by atoms with Gasteiger partial charge in [0.05, 0.1) is 21.2 Å². The van der Waals surface area contributed by atoms with Crippen LogP contribution in [0.1, 0.15) is 22.8 Å². The molecule has 176 valence electrons. The van der Waals surface area contributed by atoms with Crippen LogP contribution in [0.15, 0.2) is 58.8 Å². The fourth-order valence-electron chi connectivity index (χ4n) is 3.10. The third kappa shape index (κ3) is 4.97. The summed E-state index contributed by atoms with van der Waals surface area (Å²) < 4.78 is 65.0. The predicted octanol–water partition coefficient (Wildman–Crippen LogP) is 3.57. The molecule has 33 heavy (non-hydrogen) atoms. The maximum atomic E-state index is 12.9. The number of carbonyl (C=O) groups is 2. The molecule has 1 amide bonds. The number of allylic oxidation sites excluding steroid dienone is 2.